The molecule has 2 aromatic carbocycles. The van der Waals surface area contributed by atoms with E-state index in [1.165, 1.54) is 4.57 Å². The first-order valence-corrected chi connectivity index (χ1v) is 7.30. The highest BCUT2D eigenvalue weighted by molar-refractivity contribution is 5.81. The molecule has 0 amide bonds. The molecular weight excluding hydrogens is 294 g/mol. The quantitative estimate of drug-likeness (QED) is 0.473. The maximum Gasteiger partial charge on any atom is 0.419 e. The number of fused-ring (bicyclic) bond motifs is 2. The molecule has 4 rings (SSSR count). The fourth-order valence-electron chi connectivity index (χ4n) is 2.46. The molecule has 1 aromatic heterocycles. The molecule has 1 aliphatic rings. The van der Waals surface area contributed by atoms with Gasteiger partial charge in [0.15, 0.2) is 5.58 Å². The van der Waals surface area contributed by atoms with Crippen LogP contribution in [0.2, 0.25) is 0 Å². The van der Waals surface area contributed by atoms with E-state index in [4.69, 9.17) is 9.15 Å². The molecule has 0 radical (unpaired) electrons. The van der Waals surface area contributed by atoms with Crippen molar-refractivity contribution in [1.82, 2.24) is 4.57 Å². The molecule has 5 nitrogen and oxygen atoms in total. The Balaban J connectivity index is 0.000000136. The number of hydrogen-bond donors (Lipinski definition) is 0. The predicted molar refractivity (Wildman–Crippen MR) is 86.7 cm³/mol. The minimum atomic E-state index is -0.310. The molecular formula is C18H17NO4. The molecule has 3 aromatic rings. The van der Waals surface area contributed by atoms with E-state index in [1.54, 1.807) is 7.05 Å². The van der Waals surface area contributed by atoms with Crippen LogP contribution in [0.25, 0.3) is 11.1 Å². The lowest BCUT2D eigenvalue weighted by molar-refractivity contribution is -0.131. The van der Waals surface area contributed by atoms with Crippen LogP contribution in [0, 0.1) is 13.8 Å². The fourth-order valence-corrected chi connectivity index (χ4v) is 2.46. The summed E-state index contributed by atoms with van der Waals surface area (Å²) in [5, 5.41) is 0. The van der Waals surface area contributed by atoms with Crippen molar-refractivity contribution in [2.45, 2.75) is 20.3 Å². The number of hydrogen-bond acceptors (Lipinski definition) is 4. The van der Waals surface area contributed by atoms with E-state index in [0.717, 1.165) is 28.0 Å². The van der Waals surface area contributed by atoms with Crippen molar-refractivity contribution in [2.75, 3.05) is 0 Å². The molecule has 5 heteroatoms. The van der Waals surface area contributed by atoms with Gasteiger partial charge in [0.2, 0.25) is 0 Å². The van der Waals surface area contributed by atoms with Crippen LogP contribution in [0.15, 0.2) is 45.6 Å². The summed E-state index contributed by atoms with van der Waals surface area (Å²) < 4.78 is 11.4. The normalized spacial score (nSPS) is 12.6. The Morgan fingerprint density at radius 2 is 1.70 bits per heavy atom. The van der Waals surface area contributed by atoms with Crippen LogP contribution in [-0.2, 0) is 18.3 Å². The molecule has 2 heterocycles. The molecule has 0 atom stereocenters. The van der Waals surface area contributed by atoms with Gasteiger partial charge in [-0.25, -0.2) is 4.79 Å². The Morgan fingerprint density at radius 3 is 2.48 bits per heavy atom. The maximum atomic E-state index is 11.0. The number of ether oxygens (including phenoxy) is 1. The highest BCUT2D eigenvalue weighted by atomic mass is 16.5. The van der Waals surface area contributed by atoms with E-state index < -0.39 is 0 Å². The van der Waals surface area contributed by atoms with E-state index >= 15 is 0 Å². The van der Waals surface area contributed by atoms with Crippen molar-refractivity contribution < 1.29 is 13.9 Å². The second kappa shape index (κ2) is 5.76. The lowest BCUT2D eigenvalue weighted by Gasteiger charge is -1.96. The van der Waals surface area contributed by atoms with E-state index in [2.05, 4.69) is 0 Å². The molecule has 0 unspecified atom stereocenters. The summed E-state index contributed by atoms with van der Waals surface area (Å²) in [7, 11) is 1.70. The van der Waals surface area contributed by atoms with Crippen LogP contribution in [0.1, 0.15) is 16.7 Å². The number of carbonyl (C=O) groups is 1. The van der Waals surface area contributed by atoms with Crippen molar-refractivity contribution >= 4 is 17.1 Å². The zero-order valence-electron chi connectivity index (χ0n) is 13.3. The van der Waals surface area contributed by atoms with Gasteiger partial charge in [-0.05, 0) is 43.2 Å². The van der Waals surface area contributed by atoms with E-state index in [-0.39, 0.29) is 11.7 Å². The van der Waals surface area contributed by atoms with Gasteiger partial charge in [0.05, 0.1) is 11.9 Å². The number of oxazole rings is 1. The molecule has 0 bridgehead atoms. The number of carbonyl (C=O) groups excluding carboxylic acids is 1. The van der Waals surface area contributed by atoms with Crippen LogP contribution in [0.3, 0.4) is 0 Å². The Morgan fingerprint density at radius 1 is 1.00 bits per heavy atom. The summed E-state index contributed by atoms with van der Waals surface area (Å²) in [6.07, 6.45) is 0.426. The Labute approximate surface area is 133 Å². The standard InChI is InChI=1S/C9H9NO2.C9H8O2/c1-6-3-4-7-8(5-6)12-9(11)10(7)2;1-6-2-3-7-5-9(10)11-8(7)4-6/h3-5H,1-2H3;2-4H,5H2,1H3. The maximum absolute atomic E-state index is 11.0. The molecule has 118 valence electrons. The Hall–Kier alpha value is -2.82. The van der Waals surface area contributed by atoms with Crippen LogP contribution in [-0.4, -0.2) is 10.5 Å². The summed E-state index contributed by atoms with van der Waals surface area (Å²) in [5.74, 6) is 0.274. The van der Waals surface area contributed by atoms with E-state index in [9.17, 15) is 9.59 Å². The van der Waals surface area contributed by atoms with E-state index in [1.807, 2.05) is 50.2 Å². The number of benzene rings is 2. The third-order valence-electron chi connectivity index (χ3n) is 3.73. The number of aryl methyl sites for hydroxylation is 3. The van der Waals surface area contributed by atoms with Gasteiger partial charge in [0.25, 0.3) is 0 Å². The van der Waals surface area contributed by atoms with Crippen LogP contribution >= 0.6 is 0 Å². The largest absolute Gasteiger partial charge is 0.426 e. The zero-order valence-corrected chi connectivity index (χ0v) is 13.3. The van der Waals surface area contributed by atoms with Crippen molar-refractivity contribution in [1.29, 1.82) is 0 Å². The van der Waals surface area contributed by atoms with Gasteiger partial charge in [-0.15, -0.1) is 0 Å². The molecule has 0 fully saturated rings. The average molecular weight is 311 g/mol. The zero-order chi connectivity index (χ0) is 16.6. The minimum absolute atomic E-state index is 0.148. The van der Waals surface area contributed by atoms with Gasteiger partial charge in [0.1, 0.15) is 5.75 Å². The highest BCUT2D eigenvalue weighted by Crippen LogP contribution is 2.26. The van der Waals surface area contributed by atoms with Gasteiger partial charge in [-0.3, -0.25) is 9.36 Å². The summed E-state index contributed by atoms with van der Waals surface area (Å²) in [6, 6.07) is 11.5. The number of esters is 1. The first-order chi connectivity index (χ1) is 10.9. The van der Waals surface area contributed by atoms with Crippen molar-refractivity contribution in [3.8, 4) is 5.75 Å². The molecule has 0 saturated heterocycles. The second-order valence-corrected chi connectivity index (χ2v) is 5.66. The Bertz CT molecular complexity index is 949. The van der Waals surface area contributed by atoms with Gasteiger partial charge in [0, 0.05) is 12.6 Å². The smallest absolute Gasteiger partial charge is 0.419 e. The number of nitrogens with zero attached hydrogens (tertiary/aromatic N) is 1. The molecule has 0 saturated carbocycles. The van der Waals surface area contributed by atoms with E-state index in [0.29, 0.717) is 12.0 Å². The highest BCUT2D eigenvalue weighted by Gasteiger charge is 2.19. The molecule has 1 aliphatic heterocycles. The van der Waals surface area contributed by atoms with Crippen LogP contribution in [0.4, 0.5) is 0 Å². The molecule has 0 spiro atoms. The third-order valence-corrected chi connectivity index (χ3v) is 3.73. The van der Waals surface area contributed by atoms with Crippen molar-refractivity contribution in [3.05, 3.63) is 63.6 Å². The lowest BCUT2D eigenvalue weighted by atomic mass is 10.1. The fraction of sp³-hybridized carbons (Fsp3) is 0.222. The summed E-state index contributed by atoms with van der Waals surface area (Å²) >= 11 is 0. The summed E-state index contributed by atoms with van der Waals surface area (Å²) in [6.45, 7) is 3.94. The second-order valence-electron chi connectivity index (χ2n) is 5.66. The average Bonchev–Trinajstić information content (AvgIpc) is 2.98. The number of aromatic nitrogens is 1. The van der Waals surface area contributed by atoms with Crippen molar-refractivity contribution in [3.63, 3.8) is 0 Å². The number of rotatable bonds is 0. The minimum Gasteiger partial charge on any atom is -0.426 e. The summed E-state index contributed by atoms with van der Waals surface area (Å²) in [4.78, 5) is 21.8. The van der Waals surface area contributed by atoms with Gasteiger partial charge < -0.3 is 9.15 Å². The van der Waals surface area contributed by atoms with Gasteiger partial charge >= 0.3 is 11.7 Å². The first kappa shape index (κ1) is 15.1. The summed E-state index contributed by atoms with van der Waals surface area (Å²) in [5.41, 5.74) is 4.71. The first-order valence-electron chi connectivity index (χ1n) is 7.30. The van der Waals surface area contributed by atoms with Crippen LogP contribution in [0.5, 0.6) is 5.75 Å². The molecule has 23 heavy (non-hydrogen) atoms. The van der Waals surface area contributed by atoms with Crippen molar-refractivity contribution in [2.24, 2.45) is 7.05 Å². The molecule has 0 N–H and O–H groups in total. The lowest BCUT2D eigenvalue weighted by Crippen LogP contribution is -2.08. The molecule has 0 aliphatic carbocycles. The SMILES string of the molecule is Cc1ccc2c(c1)OC(=O)C2.Cc1ccc2c(c1)oc(=O)n2C. The Kier molecular flexibility index (Phi) is 3.78. The topological polar surface area (TPSA) is 61.4 Å². The monoisotopic (exact) mass is 311 g/mol. The van der Waals surface area contributed by atoms with Crippen LogP contribution < -0.4 is 10.5 Å². The predicted octanol–water partition coefficient (Wildman–Crippen LogP) is 2.90. The van der Waals surface area contributed by atoms with Gasteiger partial charge in [-0.2, -0.15) is 0 Å². The third kappa shape index (κ3) is 3.04. The van der Waals surface area contributed by atoms with Gasteiger partial charge in [-0.1, -0.05) is 18.2 Å².